The number of methoxy groups -OCH3 is 1. The summed E-state index contributed by atoms with van der Waals surface area (Å²) in [5.41, 5.74) is -1.40. The van der Waals surface area contributed by atoms with E-state index in [4.69, 9.17) is 4.74 Å². The lowest BCUT2D eigenvalue weighted by Gasteiger charge is -2.31. The van der Waals surface area contributed by atoms with Crippen LogP contribution >= 0.6 is 0 Å². The second-order valence-corrected chi connectivity index (χ2v) is 5.21. The normalized spacial score (nSPS) is 14.0. The predicted octanol–water partition coefficient (Wildman–Crippen LogP) is 3.51. The Morgan fingerprint density at radius 3 is 1.71 bits per heavy atom. The molecule has 3 heteroatoms. The second-order valence-electron chi connectivity index (χ2n) is 5.21. The Balaban J connectivity index is -0.000000980. The Kier molecular flexibility index (Phi) is 9.63. The molecule has 0 aliphatic heterocycles. The molecule has 0 aromatic heterocycles. The van der Waals surface area contributed by atoms with E-state index >= 15 is 0 Å². The lowest BCUT2D eigenvalue weighted by atomic mass is 9.69. The lowest BCUT2D eigenvalue weighted by Crippen LogP contribution is -2.42. The number of carbonyl (C=O) groups is 2. The topological polar surface area (TPSA) is 43.4 Å². The van der Waals surface area contributed by atoms with Crippen LogP contribution in [0.25, 0.3) is 0 Å². The first kappa shape index (κ1) is 21.6. The monoisotopic (exact) mass is 246 g/mol. The van der Waals surface area contributed by atoms with Gasteiger partial charge in [0.05, 0.1) is 5.41 Å². The van der Waals surface area contributed by atoms with Crippen molar-refractivity contribution in [2.75, 3.05) is 13.7 Å². The molecule has 0 saturated heterocycles. The van der Waals surface area contributed by atoms with Gasteiger partial charge in [0.2, 0.25) is 0 Å². The fourth-order valence-corrected chi connectivity index (χ4v) is 1.58. The summed E-state index contributed by atoms with van der Waals surface area (Å²) in [5, 5.41) is 0. The van der Waals surface area contributed by atoms with Gasteiger partial charge in [-0.25, -0.2) is 0 Å². The van der Waals surface area contributed by atoms with Crippen LogP contribution < -0.4 is 0 Å². The Hall–Kier alpha value is -0.700. The number of hydrogen-bond donors (Lipinski definition) is 0. The summed E-state index contributed by atoms with van der Waals surface area (Å²) < 4.78 is 4.95. The molecule has 0 N–H and O–H groups in total. The zero-order valence-electron chi connectivity index (χ0n) is 10.6. The Morgan fingerprint density at radius 2 is 1.47 bits per heavy atom. The van der Waals surface area contributed by atoms with Crippen LogP contribution in [0.15, 0.2) is 0 Å². The Morgan fingerprint density at radius 1 is 1.06 bits per heavy atom. The van der Waals surface area contributed by atoms with Crippen LogP contribution in [0.5, 0.6) is 0 Å². The minimum atomic E-state index is -0.908. The van der Waals surface area contributed by atoms with E-state index in [9.17, 15) is 9.59 Å². The summed E-state index contributed by atoms with van der Waals surface area (Å²) in [7, 11) is 1.57. The predicted molar refractivity (Wildman–Crippen MR) is 73.2 cm³/mol. The van der Waals surface area contributed by atoms with Crippen molar-refractivity contribution in [3.63, 3.8) is 0 Å². The maximum Gasteiger partial charge on any atom is 0.151 e. The van der Waals surface area contributed by atoms with Gasteiger partial charge in [-0.2, -0.15) is 0 Å². The van der Waals surface area contributed by atoms with E-state index < -0.39 is 10.8 Å². The molecule has 0 radical (unpaired) electrons. The highest BCUT2D eigenvalue weighted by Gasteiger charge is 2.43. The molecule has 0 aromatic carbocycles. The number of rotatable bonds is 5. The average Bonchev–Trinajstić information content (AvgIpc) is 2.11. The standard InChI is InChI=1S/C12H22O3.2CH4/c1-9(13)12(5,7-8-15-6)10(14)11(2,3)4;;/h7-8H2,1-6H3;2*1H4. The van der Waals surface area contributed by atoms with Crippen LogP contribution in [0.2, 0.25) is 0 Å². The van der Waals surface area contributed by atoms with Gasteiger partial charge in [-0.15, -0.1) is 0 Å². The summed E-state index contributed by atoms with van der Waals surface area (Å²) >= 11 is 0. The summed E-state index contributed by atoms with van der Waals surface area (Å²) in [6.07, 6.45) is 0.453. The van der Waals surface area contributed by atoms with Crippen LogP contribution in [0.1, 0.15) is 55.9 Å². The summed E-state index contributed by atoms with van der Waals surface area (Å²) in [5.74, 6) is -0.0981. The van der Waals surface area contributed by atoms with Gasteiger partial charge in [-0.3, -0.25) is 9.59 Å². The summed E-state index contributed by atoms with van der Waals surface area (Å²) in [6.45, 7) is 9.12. The highest BCUT2D eigenvalue weighted by Crippen LogP contribution is 2.33. The second kappa shape index (κ2) is 7.59. The van der Waals surface area contributed by atoms with E-state index in [1.54, 1.807) is 14.0 Å². The van der Waals surface area contributed by atoms with Gasteiger partial charge < -0.3 is 4.74 Å². The highest BCUT2D eigenvalue weighted by atomic mass is 16.5. The minimum Gasteiger partial charge on any atom is -0.385 e. The third-order valence-corrected chi connectivity index (χ3v) is 2.77. The van der Waals surface area contributed by atoms with Crippen LogP contribution in [-0.4, -0.2) is 25.3 Å². The first-order chi connectivity index (χ1) is 6.66. The molecule has 0 aromatic rings. The molecule has 104 valence electrons. The summed E-state index contributed by atoms with van der Waals surface area (Å²) in [6, 6.07) is 0. The third-order valence-electron chi connectivity index (χ3n) is 2.77. The Labute approximate surface area is 107 Å². The van der Waals surface area contributed by atoms with Gasteiger partial charge in [0, 0.05) is 19.1 Å². The summed E-state index contributed by atoms with van der Waals surface area (Å²) in [4.78, 5) is 23.7. The van der Waals surface area contributed by atoms with Gasteiger partial charge in [-0.1, -0.05) is 35.6 Å². The number of ketones is 2. The molecule has 0 bridgehead atoms. The molecule has 0 saturated carbocycles. The van der Waals surface area contributed by atoms with E-state index in [1.807, 2.05) is 20.8 Å². The van der Waals surface area contributed by atoms with Crippen molar-refractivity contribution in [3.8, 4) is 0 Å². The molecule has 0 spiro atoms. The molecule has 1 unspecified atom stereocenters. The van der Waals surface area contributed by atoms with Gasteiger partial charge >= 0.3 is 0 Å². The van der Waals surface area contributed by atoms with E-state index in [0.29, 0.717) is 13.0 Å². The SMILES string of the molecule is C.C.COCCC(C)(C(C)=O)C(=O)C(C)(C)C. The van der Waals surface area contributed by atoms with E-state index in [-0.39, 0.29) is 26.4 Å². The molecular formula is C14H30O3. The zero-order chi connectivity index (χ0) is 12.3. The average molecular weight is 246 g/mol. The molecule has 0 aliphatic carbocycles. The Bertz CT molecular complexity index is 251. The first-order valence-electron chi connectivity index (χ1n) is 5.21. The molecule has 0 rings (SSSR count). The fourth-order valence-electron chi connectivity index (χ4n) is 1.58. The van der Waals surface area contributed by atoms with Crippen LogP contribution in [0, 0.1) is 10.8 Å². The molecule has 17 heavy (non-hydrogen) atoms. The van der Waals surface area contributed by atoms with E-state index in [1.165, 1.54) is 6.92 Å². The van der Waals surface area contributed by atoms with Crippen molar-refractivity contribution in [3.05, 3.63) is 0 Å². The zero-order valence-corrected chi connectivity index (χ0v) is 10.6. The van der Waals surface area contributed by atoms with Crippen molar-refractivity contribution in [2.24, 2.45) is 10.8 Å². The van der Waals surface area contributed by atoms with Gasteiger partial charge in [-0.05, 0) is 20.3 Å². The van der Waals surface area contributed by atoms with Gasteiger partial charge in [0.15, 0.2) is 5.78 Å². The van der Waals surface area contributed by atoms with Crippen LogP contribution in [-0.2, 0) is 14.3 Å². The number of Topliss-reactive ketones (excluding diaryl/α,β-unsaturated/α-hetero) is 2. The maximum atomic E-state index is 12.2. The molecule has 0 heterocycles. The van der Waals surface area contributed by atoms with Crippen molar-refractivity contribution >= 4 is 11.6 Å². The van der Waals surface area contributed by atoms with Crippen molar-refractivity contribution in [1.82, 2.24) is 0 Å². The molecule has 3 nitrogen and oxygen atoms in total. The lowest BCUT2D eigenvalue weighted by molar-refractivity contribution is -0.145. The molecule has 0 aliphatic rings. The molecule has 1 atom stereocenters. The largest absolute Gasteiger partial charge is 0.385 e. The van der Waals surface area contributed by atoms with Crippen molar-refractivity contribution in [1.29, 1.82) is 0 Å². The first-order valence-corrected chi connectivity index (χ1v) is 5.21. The van der Waals surface area contributed by atoms with Crippen LogP contribution in [0.3, 0.4) is 0 Å². The molecule has 0 amide bonds. The van der Waals surface area contributed by atoms with E-state index in [2.05, 4.69) is 0 Å². The molecular weight excluding hydrogens is 216 g/mol. The third kappa shape index (κ3) is 5.44. The fraction of sp³-hybridized carbons (Fsp3) is 0.857. The number of ether oxygens (including phenoxy) is 1. The minimum absolute atomic E-state index is 0. The number of carbonyl (C=O) groups excluding carboxylic acids is 2. The number of hydrogen-bond acceptors (Lipinski definition) is 3. The smallest absolute Gasteiger partial charge is 0.151 e. The maximum absolute atomic E-state index is 12.2. The molecule has 0 fully saturated rings. The van der Waals surface area contributed by atoms with Gasteiger partial charge in [0.1, 0.15) is 5.78 Å². The van der Waals surface area contributed by atoms with Crippen LogP contribution in [0.4, 0.5) is 0 Å². The van der Waals surface area contributed by atoms with Crippen molar-refractivity contribution < 1.29 is 14.3 Å². The highest BCUT2D eigenvalue weighted by molar-refractivity contribution is 6.07. The quantitative estimate of drug-likeness (QED) is 0.697. The van der Waals surface area contributed by atoms with E-state index in [0.717, 1.165) is 0 Å². The van der Waals surface area contributed by atoms with Crippen molar-refractivity contribution in [2.45, 2.75) is 55.9 Å². The van der Waals surface area contributed by atoms with Gasteiger partial charge in [0.25, 0.3) is 0 Å².